The molecule has 0 aliphatic heterocycles. The number of hydrogen-bond acceptors (Lipinski definition) is 3. The largest absolute Gasteiger partial charge is 0.279 e. The lowest BCUT2D eigenvalue weighted by Crippen LogP contribution is -2.41. The molecule has 0 amide bonds. The van der Waals surface area contributed by atoms with Crippen LogP contribution in [0.3, 0.4) is 0 Å². The summed E-state index contributed by atoms with van der Waals surface area (Å²) in [7, 11) is -4.00. The summed E-state index contributed by atoms with van der Waals surface area (Å²) in [6.07, 6.45) is 0. The molecular formula is C16H15ClFNO3S. The van der Waals surface area contributed by atoms with Crippen LogP contribution in [-0.2, 0) is 21.4 Å². The highest BCUT2D eigenvalue weighted by Gasteiger charge is 2.32. The first kappa shape index (κ1) is 17.6. The van der Waals surface area contributed by atoms with Crippen LogP contribution < -0.4 is 0 Å². The second-order valence-corrected chi connectivity index (χ2v) is 7.23. The van der Waals surface area contributed by atoms with Crippen molar-refractivity contribution < 1.29 is 17.6 Å². The van der Waals surface area contributed by atoms with Crippen molar-refractivity contribution in [3.05, 3.63) is 66.0 Å². The minimum atomic E-state index is -4.00. The van der Waals surface area contributed by atoms with Crippen molar-refractivity contribution in [1.82, 2.24) is 4.31 Å². The van der Waals surface area contributed by atoms with Crippen molar-refractivity contribution in [2.45, 2.75) is 24.4 Å². The van der Waals surface area contributed by atoms with Gasteiger partial charge in [0.25, 0.3) is 0 Å². The van der Waals surface area contributed by atoms with Gasteiger partial charge in [-0.1, -0.05) is 30.3 Å². The fourth-order valence-electron chi connectivity index (χ4n) is 2.05. The molecule has 0 fully saturated rings. The van der Waals surface area contributed by atoms with E-state index in [-0.39, 0.29) is 11.4 Å². The Morgan fingerprint density at radius 3 is 2.22 bits per heavy atom. The summed E-state index contributed by atoms with van der Waals surface area (Å²) in [6.45, 7) is 1.40. The van der Waals surface area contributed by atoms with Crippen molar-refractivity contribution in [2.75, 3.05) is 0 Å². The van der Waals surface area contributed by atoms with E-state index in [1.165, 1.54) is 6.92 Å². The van der Waals surface area contributed by atoms with Crippen LogP contribution in [0.15, 0.2) is 59.5 Å². The van der Waals surface area contributed by atoms with Crippen LogP contribution in [-0.4, -0.2) is 24.0 Å². The SMILES string of the molecule is CC(C(=O)Cl)N(Cc1ccccc1)S(=O)(=O)c1ccc(F)cc1. The number of sulfonamides is 1. The van der Waals surface area contributed by atoms with Crippen molar-refractivity contribution in [3.63, 3.8) is 0 Å². The van der Waals surface area contributed by atoms with Crippen molar-refractivity contribution >= 4 is 26.9 Å². The van der Waals surface area contributed by atoms with E-state index in [1.807, 2.05) is 0 Å². The summed E-state index contributed by atoms with van der Waals surface area (Å²) in [5.41, 5.74) is 0.711. The van der Waals surface area contributed by atoms with Gasteiger partial charge in [0.1, 0.15) is 5.82 Å². The molecule has 1 unspecified atom stereocenters. The zero-order valence-electron chi connectivity index (χ0n) is 12.3. The van der Waals surface area contributed by atoms with E-state index in [0.29, 0.717) is 5.56 Å². The fourth-order valence-corrected chi connectivity index (χ4v) is 3.81. The van der Waals surface area contributed by atoms with Crippen molar-refractivity contribution in [1.29, 1.82) is 0 Å². The number of nitrogens with zero attached hydrogens (tertiary/aromatic N) is 1. The van der Waals surface area contributed by atoms with E-state index >= 15 is 0 Å². The summed E-state index contributed by atoms with van der Waals surface area (Å²) >= 11 is 5.50. The molecule has 0 aromatic heterocycles. The van der Waals surface area contributed by atoms with E-state index in [0.717, 1.165) is 28.6 Å². The first-order valence-electron chi connectivity index (χ1n) is 6.83. The quantitative estimate of drug-likeness (QED) is 0.748. The molecule has 0 radical (unpaired) electrons. The van der Waals surface area contributed by atoms with Crippen LogP contribution in [0.25, 0.3) is 0 Å². The number of halogens is 2. The van der Waals surface area contributed by atoms with Crippen molar-refractivity contribution in [2.24, 2.45) is 0 Å². The van der Waals surface area contributed by atoms with Gasteiger partial charge in [0.15, 0.2) is 0 Å². The van der Waals surface area contributed by atoms with Gasteiger partial charge >= 0.3 is 0 Å². The maximum absolute atomic E-state index is 13.0. The van der Waals surface area contributed by atoms with E-state index in [1.54, 1.807) is 30.3 Å². The molecule has 7 heteroatoms. The van der Waals surface area contributed by atoms with E-state index in [9.17, 15) is 17.6 Å². The Morgan fingerprint density at radius 1 is 1.13 bits per heavy atom. The van der Waals surface area contributed by atoms with E-state index in [4.69, 9.17) is 11.6 Å². The third-order valence-electron chi connectivity index (χ3n) is 3.36. The summed E-state index contributed by atoms with van der Waals surface area (Å²) in [5, 5.41) is -0.786. The first-order valence-corrected chi connectivity index (χ1v) is 8.65. The molecule has 23 heavy (non-hydrogen) atoms. The van der Waals surface area contributed by atoms with Crippen LogP contribution in [0.1, 0.15) is 12.5 Å². The Balaban J connectivity index is 2.43. The lowest BCUT2D eigenvalue weighted by molar-refractivity contribution is -0.114. The van der Waals surface area contributed by atoms with Gasteiger partial charge in [-0.2, -0.15) is 4.31 Å². The van der Waals surface area contributed by atoms with Crippen LogP contribution in [0.4, 0.5) is 4.39 Å². The van der Waals surface area contributed by atoms with Crippen LogP contribution in [0.5, 0.6) is 0 Å². The Labute approximate surface area is 139 Å². The third kappa shape index (κ3) is 4.16. The highest BCUT2D eigenvalue weighted by atomic mass is 35.5. The Morgan fingerprint density at radius 2 is 1.70 bits per heavy atom. The predicted octanol–water partition coefficient (Wildman–Crippen LogP) is 3.17. The molecular weight excluding hydrogens is 341 g/mol. The number of hydrogen-bond donors (Lipinski definition) is 0. The highest BCUT2D eigenvalue weighted by molar-refractivity contribution is 7.89. The lowest BCUT2D eigenvalue weighted by Gasteiger charge is -2.26. The minimum absolute atomic E-state index is 0.0137. The molecule has 122 valence electrons. The van der Waals surface area contributed by atoms with Crippen molar-refractivity contribution in [3.8, 4) is 0 Å². The van der Waals surface area contributed by atoms with E-state index < -0.39 is 27.1 Å². The zero-order valence-corrected chi connectivity index (χ0v) is 13.9. The fraction of sp³-hybridized carbons (Fsp3) is 0.188. The number of benzene rings is 2. The van der Waals surface area contributed by atoms with Gasteiger partial charge in [0.05, 0.1) is 10.9 Å². The third-order valence-corrected chi connectivity index (χ3v) is 5.61. The van der Waals surface area contributed by atoms with Gasteiger partial charge < -0.3 is 0 Å². The second-order valence-electron chi connectivity index (χ2n) is 4.97. The van der Waals surface area contributed by atoms with Crippen LogP contribution in [0, 0.1) is 5.82 Å². The van der Waals surface area contributed by atoms with Gasteiger partial charge in [0.2, 0.25) is 15.3 Å². The smallest absolute Gasteiger partial charge is 0.244 e. The first-order chi connectivity index (χ1) is 10.8. The topological polar surface area (TPSA) is 54.5 Å². The van der Waals surface area contributed by atoms with Crippen LogP contribution in [0.2, 0.25) is 0 Å². The molecule has 2 rings (SSSR count). The molecule has 2 aromatic carbocycles. The average molecular weight is 356 g/mol. The molecule has 1 atom stereocenters. The molecule has 0 saturated carbocycles. The average Bonchev–Trinajstić information content (AvgIpc) is 2.53. The molecule has 0 spiro atoms. The number of carbonyl (C=O) groups excluding carboxylic acids is 1. The molecule has 4 nitrogen and oxygen atoms in total. The standard InChI is InChI=1S/C16H15ClFNO3S/c1-12(16(17)20)19(11-13-5-3-2-4-6-13)23(21,22)15-9-7-14(18)8-10-15/h2-10,12H,11H2,1H3. The Hall–Kier alpha value is -1.76. The number of rotatable bonds is 6. The maximum atomic E-state index is 13.0. The van der Waals surface area contributed by atoms with Gasteiger partial charge in [-0.15, -0.1) is 0 Å². The summed E-state index contributed by atoms with van der Waals surface area (Å²) in [6, 6.07) is 12.2. The second kappa shape index (κ2) is 7.21. The summed E-state index contributed by atoms with van der Waals surface area (Å²) in [5.74, 6) is -0.542. The van der Waals surface area contributed by atoms with Gasteiger partial charge in [-0.05, 0) is 48.4 Å². The Kier molecular flexibility index (Phi) is 5.51. The molecule has 0 saturated heterocycles. The van der Waals surface area contributed by atoms with Gasteiger partial charge in [-0.3, -0.25) is 4.79 Å². The Bertz CT molecular complexity index is 779. The summed E-state index contributed by atoms with van der Waals surface area (Å²) in [4.78, 5) is 11.4. The molecule has 0 aliphatic carbocycles. The monoisotopic (exact) mass is 355 g/mol. The minimum Gasteiger partial charge on any atom is -0.279 e. The van der Waals surface area contributed by atoms with Crippen LogP contribution >= 0.6 is 11.6 Å². The molecule has 0 bridgehead atoms. The lowest BCUT2D eigenvalue weighted by atomic mass is 10.2. The van der Waals surface area contributed by atoms with E-state index in [2.05, 4.69) is 0 Å². The zero-order chi connectivity index (χ0) is 17.0. The predicted molar refractivity (Wildman–Crippen MR) is 85.9 cm³/mol. The highest BCUT2D eigenvalue weighted by Crippen LogP contribution is 2.22. The normalized spacial score (nSPS) is 13.0. The molecule has 0 aliphatic rings. The molecule has 2 aromatic rings. The van der Waals surface area contributed by atoms with Gasteiger partial charge in [-0.25, -0.2) is 12.8 Å². The maximum Gasteiger partial charge on any atom is 0.244 e. The molecule has 0 N–H and O–H groups in total. The number of carbonyl (C=O) groups is 1. The molecule has 0 heterocycles. The van der Waals surface area contributed by atoms with Gasteiger partial charge in [0, 0.05) is 6.54 Å². The summed E-state index contributed by atoms with van der Waals surface area (Å²) < 4.78 is 39.6.